The highest BCUT2D eigenvalue weighted by Gasteiger charge is 2.11. The average Bonchev–Trinajstić information content (AvgIpc) is 1.64. The van der Waals surface area contributed by atoms with Crippen LogP contribution in [-0.4, -0.2) is 25.0 Å². The van der Waals surface area contributed by atoms with Gasteiger partial charge < -0.3 is 10.6 Å². The Hall–Kier alpha value is -0.280. The van der Waals surface area contributed by atoms with Gasteiger partial charge in [-0.25, -0.2) is 0 Å². The number of hydrogen-bond donors (Lipinski definition) is 2. The molecule has 0 bridgehead atoms. The minimum atomic E-state index is 0. The van der Waals surface area contributed by atoms with Crippen molar-refractivity contribution in [3.05, 3.63) is 0 Å². The first-order valence-electron chi connectivity index (χ1n) is 2.79. The Kier molecular flexibility index (Phi) is 3.58. The van der Waals surface area contributed by atoms with Crippen LogP contribution in [-0.2, 0) is 4.79 Å². The maximum atomic E-state index is 10.5. The fourth-order valence-electron chi connectivity index (χ4n) is 0.779. The minimum Gasteiger partial charge on any atom is -0.351 e. The van der Waals surface area contributed by atoms with Crippen molar-refractivity contribution < 1.29 is 4.79 Å². The molecule has 1 heterocycles. The van der Waals surface area contributed by atoms with Crippen molar-refractivity contribution in [2.75, 3.05) is 13.1 Å². The molecule has 0 aromatic carbocycles. The van der Waals surface area contributed by atoms with Crippen LogP contribution < -0.4 is 10.6 Å². The highest BCUT2D eigenvalue weighted by atomic mass is 35.5. The van der Waals surface area contributed by atoms with Crippen LogP contribution in [0.2, 0.25) is 0 Å². The van der Waals surface area contributed by atoms with Gasteiger partial charge in [0.05, 0.1) is 6.54 Å². The molecular weight excluding hydrogens is 140 g/mol. The molecule has 0 spiro atoms. The molecule has 0 unspecified atom stereocenters. The average molecular weight is 151 g/mol. The van der Waals surface area contributed by atoms with E-state index in [0.29, 0.717) is 12.6 Å². The smallest absolute Gasteiger partial charge is 0.234 e. The normalized spacial score (nSPS) is 26.3. The van der Waals surface area contributed by atoms with E-state index >= 15 is 0 Å². The number of piperazine rings is 1. The number of carbonyl (C=O) groups is 1. The molecule has 9 heavy (non-hydrogen) atoms. The van der Waals surface area contributed by atoms with Crippen LogP contribution in [0.15, 0.2) is 0 Å². The highest BCUT2D eigenvalue weighted by Crippen LogP contribution is 1.83. The lowest BCUT2D eigenvalue weighted by molar-refractivity contribution is -0.121. The van der Waals surface area contributed by atoms with Crippen molar-refractivity contribution in [2.45, 2.75) is 13.0 Å². The van der Waals surface area contributed by atoms with Crippen LogP contribution in [0.3, 0.4) is 0 Å². The van der Waals surface area contributed by atoms with Gasteiger partial charge in [0.1, 0.15) is 0 Å². The molecule has 0 aromatic heterocycles. The third-order valence-corrected chi connectivity index (χ3v) is 1.14. The van der Waals surface area contributed by atoms with Gasteiger partial charge in [0.2, 0.25) is 5.91 Å². The summed E-state index contributed by atoms with van der Waals surface area (Å²) in [5.41, 5.74) is 0. The van der Waals surface area contributed by atoms with E-state index in [0.717, 1.165) is 6.54 Å². The first-order valence-corrected chi connectivity index (χ1v) is 2.79. The minimum absolute atomic E-state index is 0. The molecule has 54 valence electrons. The van der Waals surface area contributed by atoms with E-state index in [2.05, 4.69) is 10.6 Å². The summed E-state index contributed by atoms with van der Waals surface area (Å²) in [4.78, 5) is 10.5. The maximum absolute atomic E-state index is 10.5. The summed E-state index contributed by atoms with van der Waals surface area (Å²) < 4.78 is 0. The molecule has 1 rings (SSSR count). The summed E-state index contributed by atoms with van der Waals surface area (Å²) in [6.07, 6.45) is 0. The molecule has 0 aliphatic carbocycles. The first-order chi connectivity index (χ1) is 3.79. The number of rotatable bonds is 0. The van der Waals surface area contributed by atoms with Gasteiger partial charge in [-0.15, -0.1) is 12.4 Å². The zero-order valence-electron chi connectivity index (χ0n) is 5.31. The summed E-state index contributed by atoms with van der Waals surface area (Å²) in [6, 6.07) is 0.302. The van der Waals surface area contributed by atoms with Crippen molar-refractivity contribution in [1.82, 2.24) is 10.6 Å². The van der Waals surface area contributed by atoms with Crippen molar-refractivity contribution in [1.29, 1.82) is 0 Å². The van der Waals surface area contributed by atoms with Gasteiger partial charge in [-0.05, 0) is 6.92 Å². The number of nitrogens with one attached hydrogen (secondary N) is 2. The van der Waals surface area contributed by atoms with E-state index < -0.39 is 0 Å². The van der Waals surface area contributed by atoms with Gasteiger partial charge in [-0.2, -0.15) is 0 Å². The van der Waals surface area contributed by atoms with Gasteiger partial charge in [-0.1, -0.05) is 0 Å². The Morgan fingerprint density at radius 2 is 2.33 bits per heavy atom. The Bertz CT molecular complexity index is 107. The Balaban J connectivity index is 0.000000640. The lowest BCUT2D eigenvalue weighted by atomic mass is 10.3. The van der Waals surface area contributed by atoms with Gasteiger partial charge in [0.25, 0.3) is 0 Å². The Morgan fingerprint density at radius 1 is 1.67 bits per heavy atom. The highest BCUT2D eigenvalue weighted by molar-refractivity contribution is 5.85. The number of halogens is 1. The van der Waals surface area contributed by atoms with E-state index in [9.17, 15) is 4.79 Å². The predicted molar refractivity (Wildman–Crippen MR) is 37.7 cm³/mol. The topological polar surface area (TPSA) is 41.1 Å². The second-order valence-corrected chi connectivity index (χ2v) is 2.10. The van der Waals surface area contributed by atoms with E-state index in [1.807, 2.05) is 6.92 Å². The lowest BCUT2D eigenvalue weighted by Crippen LogP contribution is -2.50. The third-order valence-electron chi connectivity index (χ3n) is 1.14. The molecule has 0 radical (unpaired) electrons. The molecule has 1 fully saturated rings. The van der Waals surface area contributed by atoms with E-state index in [1.54, 1.807) is 0 Å². The third kappa shape index (κ3) is 2.67. The first kappa shape index (κ1) is 8.72. The molecule has 2 N–H and O–H groups in total. The summed E-state index contributed by atoms with van der Waals surface area (Å²) in [5, 5.41) is 5.75. The van der Waals surface area contributed by atoms with Crippen LogP contribution in [0.25, 0.3) is 0 Å². The molecule has 0 aromatic rings. The number of carbonyl (C=O) groups excluding carboxylic acids is 1. The van der Waals surface area contributed by atoms with Crippen LogP contribution in [0.5, 0.6) is 0 Å². The van der Waals surface area contributed by atoms with Crippen LogP contribution in [0.1, 0.15) is 6.92 Å². The van der Waals surface area contributed by atoms with E-state index in [1.165, 1.54) is 0 Å². The molecule has 1 saturated heterocycles. The quantitative estimate of drug-likeness (QED) is 0.490. The Labute approximate surface area is 60.6 Å². The van der Waals surface area contributed by atoms with Gasteiger partial charge >= 0.3 is 0 Å². The van der Waals surface area contributed by atoms with Crippen molar-refractivity contribution >= 4 is 18.3 Å². The van der Waals surface area contributed by atoms with Crippen molar-refractivity contribution in [3.8, 4) is 0 Å². The Morgan fingerprint density at radius 3 is 2.67 bits per heavy atom. The van der Waals surface area contributed by atoms with Crippen molar-refractivity contribution in [3.63, 3.8) is 0 Å². The number of amides is 1. The molecule has 1 amide bonds. The van der Waals surface area contributed by atoms with Crippen molar-refractivity contribution in [2.24, 2.45) is 0 Å². The van der Waals surface area contributed by atoms with Gasteiger partial charge in [0, 0.05) is 12.6 Å². The fraction of sp³-hybridized carbons (Fsp3) is 0.800. The summed E-state index contributed by atoms with van der Waals surface area (Å²) in [6.45, 7) is 3.35. The predicted octanol–water partition coefficient (Wildman–Crippen LogP) is -0.484. The van der Waals surface area contributed by atoms with Gasteiger partial charge in [-0.3, -0.25) is 4.79 Å². The molecule has 4 heteroatoms. The monoisotopic (exact) mass is 150 g/mol. The summed E-state index contributed by atoms with van der Waals surface area (Å²) in [7, 11) is 0. The van der Waals surface area contributed by atoms with Crippen LogP contribution in [0.4, 0.5) is 0 Å². The van der Waals surface area contributed by atoms with E-state index in [4.69, 9.17) is 0 Å². The lowest BCUT2D eigenvalue weighted by Gasteiger charge is -2.19. The second kappa shape index (κ2) is 3.69. The molecule has 1 aliphatic rings. The maximum Gasteiger partial charge on any atom is 0.234 e. The zero-order valence-corrected chi connectivity index (χ0v) is 6.12. The number of hydrogen-bond acceptors (Lipinski definition) is 2. The standard InChI is InChI=1S/C5H10N2O.ClH/c1-4-2-6-3-5(8)7-4;/h4,6H,2-3H2,1H3,(H,7,8);1H/t4-;/m0./s1. The molecule has 1 atom stereocenters. The van der Waals surface area contributed by atoms with Crippen LogP contribution in [0, 0.1) is 0 Å². The molecule has 3 nitrogen and oxygen atoms in total. The second-order valence-electron chi connectivity index (χ2n) is 2.10. The zero-order chi connectivity index (χ0) is 5.98. The molecule has 0 saturated carbocycles. The summed E-state index contributed by atoms with van der Waals surface area (Å²) in [5.74, 6) is 0.101. The SMILES string of the molecule is C[C@H]1CNCC(=O)N1.Cl. The summed E-state index contributed by atoms with van der Waals surface area (Å²) >= 11 is 0. The van der Waals surface area contributed by atoms with Gasteiger partial charge in [0.15, 0.2) is 0 Å². The largest absolute Gasteiger partial charge is 0.351 e. The molecular formula is C5H11ClN2O. The molecule has 1 aliphatic heterocycles. The van der Waals surface area contributed by atoms with Crippen LogP contribution >= 0.6 is 12.4 Å². The fourth-order valence-corrected chi connectivity index (χ4v) is 0.779. The van der Waals surface area contributed by atoms with E-state index in [-0.39, 0.29) is 18.3 Å².